The van der Waals surface area contributed by atoms with E-state index in [1.165, 1.54) is 7.11 Å². The van der Waals surface area contributed by atoms with Crippen molar-refractivity contribution in [1.82, 2.24) is 4.98 Å². The molecule has 1 aromatic heterocycles. The Bertz CT molecular complexity index is 368. The number of halogens is 1. The maximum absolute atomic E-state index is 10.7. The van der Waals surface area contributed by atoms with Crippen LogP contribution in [0.5, 0.6) is 5.88 Å². The molecule has 0 aliphatic carbocycles. The van der Waals surface area contributed by atoms with Crippen LogP contribution < -0.4 is 4.74 Å². The number of aromatic nitrogens is 1. The molecule has 0 aromatic carbocycles. The molecule has 0 bridgehead atoms. The highest BCUT2D eigenvalue weighted by Crippen LogP contribution is 2.22. The molecule has 0 spiro atoms. The van der Waals surface area contributed by atoms with Crippen LogP contribution in [-0.4, -0.2) is 23.2 Å². The van der Waals surface area contributed by atoms with Gasteiger partial charge in [0.15, 0.2) is 0 Å². The summed E-state index contributed by atoms with van der Waals surface area (Å²) in [4.78, 5) is 14.7. The van der Waals surface area contributed by atoms with E-state index in [4.69, 9.17) is 9.84 Å². The van der Waals surface area contributed by atoms with Gasteiger partial charge in [-0.2, -0.15) is 0 Å². The van der Waals surface area contributed by atoms with E-state index in [1.54, 1.807) is 19.2 Å². The zero-order valence-electron chi connectivity index (χ0n) is 8.53. The molecule has 0 amide bonds. The number of carboxylic acid groups (broad SMARTS) is 1. The summed E-state index contributed by atoms with van der Waals surface area (Å²) in [6.07, 6.45) is 2.07. The first-order valence-corrected chi connectivity index (χ1v) is 5.25. The molecule has 82 valence electrons. The van der Waals surface area contributed by atoms with Gasteiger partial charge in [-0.25, -0.2) is 4.98 Å². The Morgan fingerprint density at radius 3 is 2.93 bits per heavy atom. The molecule has 4 nitrogen and oxygen atoms in total. The highest BCUT2D eigenvalue weighted by Gasteiger charge is 2.14. The minimum Gasteiger partial charge on any atom is -0.481 e. The fourth-order valence-electron chi connectivity index (χ4n) is 1.14. The highest BCUT2D eigenvalue weighted by atomic mass is 79.9. The third-order valence-electron chi connectivity index (χ3n) is 2.07. The Labute approximate surface area is 96.4 Å². The van der Waals surface area contributed by atoms with Gasteiger partial charge in [0, 0.05) is 16.7 Å². The van der Waals surface area contributed by atoms with Crippen LogP contribution in [0.3, 0.4) is 0 Å². The van der Waals surface area contributed by atoms with Gasteiger partial charge < -0.3 is 9.84 Å². The van der Waals surface area contributed by atoms with Crippen LogP contribution in [0.25, 0.3) is 0 Å². The Kier molecular flexibility index (Phi) is 4.08. The highest BCUT2D eigenvalue weighted by molar-refractivity contribution is 9.10. The zero-order valence-corrected chi connectivity index (χ0v) is 10.1. The molecule has 15 heavy (non-hydrogen) atoms. The summed E-state index contributed by atoms with van der Waals surface area (Å²) >= 11 is 3.33. The van der Waals surface area contributed by atoms with E-state index in [-0.39, 0.29) is 0 Å². The maximum atomic E-state index is 10.7. The lowest BCUT2D eigenvalue weighted by atomic mass is 10.0. The van der Waals surface area contributed by atoms with Gasteiger partial charge in [-0.15, -0.1) is 0 Å². The van der Waals surface area contributed by atoms with Crippen molar-refractivity contribution in [2.24, 2.45) is 5.92 Å². The molecule has 1 aromatic rings. The van der Waals surface area contributed by atoms with Crippen LogP contribution >= 0.6 is 15.9 Å². The molecule has 1 heterocycles. The molecule has 0 saturated heterocycles. The lowest BCUT2D eigenvalue weighted by Gasteiger charge is -2.09. The predicted molar refractivity (Wildman–Crippen MR) is 59.0 cm³/mol. The monoisotopic (exact) mass is 273 g/mol. The second kappa shape index (κ2) is 5.11. The van der Waals surface area contributed by atoms with Crippen molar-refractivity contribution < 1.29 is 14.6 Å². The number of methoxy groups -OCH3 is 1. The second-order valence-corrected chi connectivity index (χ2v) is 4.12. The van der Waals surface area contributed by atoms with Crippen molar-refractivity contribution in [3.63, 3.8) is 0 Å². The maximum Gasteiger partial charge on any atom is 0.306 e. The third kappa shape index (κ3) is 3.20. The van der Waals surface area contributed by atoms with Gasteiger partial charge >= 0.3 is 5.97 Å². The van der Waals surface area contributed by atoms with Crippen molar-refractivity contribution >= 4 is 21.9 Å². The summed E-state index contributed by atoms with van der Waals surface area (Å²) in [7, 11) is 1.53. The molecular weight excluding hydrogens is 262 g/mol. The van der Waals surface area contributed by atoms with Crippen LogP contribution in [0, 0.1) is 5.92 Å². The summed E-state index contributed by atoms with van der Waals surface area (Å²) in [6, 6.07) is 1.74. The summed E-state index contributed by atoms with van der Waals surface area (Å²) < 4.78 is 5.77. The molecule has 5 heteroatoms. The Morgan fingerprint density at radius 2 is 2.40 bits per heavy atom. The van der Waals surface area contributed by atoms with Crippen LogP contribution in [0.1, 0.15) is 12.5 Å². The van der Waals surface area contributed by atoms with Gasteiger partial charge in [0.25, 0.3) is 0 Å². The third-order valence-corrected chi connectivity index (χ3v) is 2.78. The normalized spacial score (nSPS) is 12.2. The number of pyridine rings is 1. The first-order chi connectivity index (χ1) is 7.04. The molecule has 0 aliphatic rings. The first-order valence-electron chi connectivity index (χ1n) is 4.45. The number of hydrogen-bond acceptors (Lipinski definition) is 3. The Balaban J connectivity index is 2.88. The molecule has 1 unspecified atom stereocenters. The molecule has 0 saturated carbocycles. The average Bonchev–Trinajstić information content (AvgIpc) is 2.21. The summed E-state index contributed by atoms with van der Waals surface area (Å²) in [6.45, 7) is 1.67. The minimum atomic E-state index is -0.808. The van der Waals surface area contributed by atoms with Crippen molar-refractivity contribution in [1.29, 1.82) is 0 Å². The fraction of sp³-hybridized carbons (Fsp3) is 0.400. The van der Waals surface area contributed by atoms with Gasteiger partial charge in [-0.3, -0.25) is 4.79 Å². The van der Waals surface area contributed by atoms with Gasteiger partial charge in [-0.1, -0.05) is 6.92 Å². The largest absolute Gasteiger partial charge is 0.481 e. The number of carbonyl (C=O) groups is 1. The number of carboxylic acids is 1. The van der Waals surface area contributed by atoms with Crippen molar-refractivity contribution in [2.75, 3.05) is 7.11 Å². The van der Waals surface area contributed by atoms with Gasteiger partial charge in [-0.05, 0) is 27.9 Å². The lowest BCUT2D eigenvalue weighted by molar-refractivity contribution is -0.141. The Hall–Kier alpha value is -1.10. The number of rotatable bonds is 4. The van der Waals surface area contributed by atoms with Crippen molar-refractivity contribution in [2.45, 2.75) is 13.3 Å². The van der Waals surface area contributed by atoms with Gasteiger partial charge in [0.05, 0.1) is 13.0 Å². The molecule has 0 aliphatic heterocycles. The summed E-state index contributed by atoms with van der Waals surface area (Å²) in [5.74, 6) is -0.739. The molecule has 0 fully saturated rings. The van der Waals surface area contributed by atoms with E-state index in [0.29, 0.717) is 12.3 Å². The van der Waals surface area contributed by atoms with E-state index < -0.39 is 11.9 Å². The van der Waals surface area contributed by atoms with Crippen LogP contribution in [0.2, 0.25) is 0 Å². The summed E-state index contributed by atoms with van der Waals surface area (Å²) in [5, 5.41) is 8.80. The zero-order chi connectivity index (χ0) is 11.4. The predicted octanol–water partition coefficient (Wildman–Crippen LogP) is 2.12. The van der Waals surface area contributed by atoms with Gasteiger partial charge in [0.2, 0.25) is 5.88 Å². The van der Waals surface area contributed by atoms with E-state index >= 15 is 0 Å². The van der Waals surface area contributed by atoms with E-state index in [1.807, 2.05) is 0 Å². The topological polar surface area (TPSA) is 59.4 Å². The first kappa shape index (κ1) is 12.0. The van der Waals surface area contributed by atoms with Crippen molar-refractivity contribution in [3.05, 3.63) is 22.3 Å². The smallest absolute Gasteiger partial charge is 0.306 e. The van der Waals surface area contributed by atoms with Crippen molar-refractivity contribution in [3.8, 4) is 5.88 Å². The second-order valence-electron chi connectivity index (χ2n) is 3.26. The van der Waals surface area contributed by atoms with E-state index in [2.05, 4.69) is 20.9 Å². The van der Waals surface area contributed by atoms with E-state index in [0.717, 1.165) is 10.0 Å². The number of hydrogen-bond donors (Lipinski definition) is 1. The average molecular weight is 274 g/mol. The Morgan fingerprint density at radius 1 is 1.73 bits per heavy atom. The fourth-order valence-corrected chi connectivity index (χ4v) is 1.52. The van der Waals surface area contributed by atoms with Crippen LogP contribution in [-0.2, 0) is 11.2 Å². The standard InChI is InChI=1S/C10H12BrNO3/c1-6(10(13)14)3-7-4-9(15-2)12-5-8(7)11/h4-6H,3H2,1-2H3,(H,13,14). The molecule has 0 radical (unpaired) electrons. The molecular formula is C10H12BrNO3. The molecule has 1 N–H and O–H groups in total. The SMILES string of the molecule is COc1cc(CC(C)C(=O)O)c(Br)cn1. The molecule has 1 atom stereocenters. The van der Waals surface area contributed by atoms with E-state index in [9.17, 15) is 4.79 Å². The summed E-state index contributed by atoms with van der Waals surface area (Å²) in [5.41, 5.74) is 0.886. The minimum absolute atomic E-state index is 0.423. The molecule has 1 rings (SSSR count). The van der Waals surface area contributed by atoms with Crippen LogP contribution in [0.4, 0.5) is 0 Å². The quantitative estimate of drug-likeness (QED) is 0.913. The number of aliphatic carboxylic acids is 1. The van der Waals surface area contributed by atoms with Crippen LogP contribution in [0.15, 0.2) is 16.7 Å². The number of nitrogens with zero attached hydrogens (tertiary/aromatic N) is 1. The number of ether oxygens (including phenoxy) is 1. The van der Waals surface area contributed by atoms with Gasteiger partial charge in [0.1, 0.15) is 0 Å². The lowest BCUT2D eigenvalue weighted by Crippen LogP contribution is -2.12.